The van der Waals surface area contributed by atoms with E-state index in [4.69, 9.17) is 23.2 Å². The summed E-state index contributed by atoms with van der Waals surface area (Å²) in [6.07, 6.45) is 0. The van der Waals surface area contributed by atoms with Gasteiger partial charge in [-0.05, 0) is 6.07 Å². The van der Waals surface area contributed by atoms with Crippen LogP contribution in [0.25, 0.3) is 0 Å². The summed E-state index contributed by atoms with van der Waals surface area (Å²) < 4.78 is 26.8. The van der Waals surface area contributed by atoms with Gasteiger partial charge in [-0.1, -0.05) is 23.2 Å². The molecule has 1 aromatic carbocycles. The predicted octanol–water partition coefficient (Wildman–Crippen LogP) is 2.24. The lowest BCUT2D eigenvalue weighted by molar-refractivity contribution is -0.384. The lowest BCUT2D eigenvalue weighted by Crippen LogP contribution is -2.04. The normalized spacial score (nSPS) is 11.4. The Balaban J connectivity index is 3.53. The van der Waals surface area contributed by atoms with Crippen molar-refractivity contribution in [2.45, 2.75) is 4.90 Å². The molecule has 0 fully saturated rings. The SMILES string of the molecule is COS(=O)(=O)c1cc(Cl)c(Cl)c([N+](=O)[O-])c1. The molecule has 0 amide bonds. The first kappa shape index (κ1) is 13.2. The predicted molar refractivity (Wildman–Crippen MR) is 57.3 cm³/mol. The van der Waals surface area contributed by atoms with Crippen LogP contribution in [0.15, 0.2) is 17.0 Å². The van der Waals surface area contributed by atoms with Crippen molar-refractivity contribution in [2.75, 3.05) is 7.11 Å². The van der Waals surface area contributed by atoms with Crippen molar-refractivity contribution in [3.8, 4) is 0 Å². The van der Waals surface area contributed by atoms with Gasteiger partial charge in [0.05, 0.1) is 17.1 Å². The largest absolute Gasteiger partial charge is 0.297 e. The van der Waals surface area contributed by atoms with Crippen LogP contribution in [0.4, 0.5) is 5.69 Å². The van der Waals surface area contributed by atoms with Crippen LogP contribution in [0.5, 0.6) is 0 Å². The minimum absolute atomic E-state index is 0.230. The van der Waals surface area contributed by atoms with Crippen molar-refractivity contribution >= 4 is 39.0 Å². The molecule has 0 N–H and O–H groups in total. The maximum absolute atomic E-state index is 11.3. The van der Waals surface area contributed by atoms with Gasteiger partial charge in [0, 0.05) is 6.07 Å². The molecule has 1 aromatic rings. The molecule has 0 saturated carbocycles. The Bertz CT molecular complexity index is 542. The second-order valence-corrected chi connectivity index (χ2v) is 5.11. The number of rotatable bonds is 3. The first-order valence-electron chi connectivity index (χ1n) is 3.73. The van der Waals surface area contributed by atoms with Gasteiger partial charge in [-0.3, -0.25) is 14.3 Å². The Labute approximate surface area is 101 Å². The third-order valence-electron chi connectivity index (χ3n) is 1.69. The molecule has 0 heterocycles. The standard InChI is InChI=1S/C7H5Cl2NO5S/c1-15-16(13,14)4-2-5(8)7(9)6(3-4)10(11)12/h2-3H,1H3. The lowest BCUT2D eigenvalue weighted by Gasteiger charge is -2.03. The van der Waals surface area contributed by atoms with E-state index in [-0.39, 0.29) is 10.0 Å². The zero-order valence-electron chi connectivity index (χ0n) is 7.81. The van der Waals surface area contributed by atoms with Crippen LogP contribution in [-0.4, -0.2) is 20.5 Å². The molecule has 9 heteroatoms. The van der Waals surface area contributed by atoms with Crippen molar-refractivity contribution in [2.24, 2.45) is 0 Å². The summed E-state index contributed by atoms with van der Waals surface area (Å²) in [4.78, 5) is 9.32. The van der Waals surface area contributed by atoms with E-state index in [1.807, 2.05) is 0 Å². The second kappa shape index (κ2) is 4.54. The first-order valence-corrected chi connectivity index (χ1v) is 5.90. The van der Waals surface area contributed by atoms with E-state index in [1.165, 1.54) is 0 Å². The molecule has 0 aromatic heterocycles. The van der Waals surface area contributed by atoms with Gasteiger partial charge in [-0.15, -0.1) is 0 Å². The van der Waals surface area contributed by atoms with Gasteiger partial charge in [-0.2, -0.15) is 8.42 Å². The lowest BCUT2D eigenvalue weighted by atomic mass is 10.3. The fourth-order valence-electron chi connectivity index (χ4n) is 0.924. The molecule has 16 heavy (non-hydrogen) atoms. The summed E-state index contributed by atoms with van der Waals surface area (Å²) in [6, 6.07) is 1.77. The average molecular weight is 286 g/mol. The van der Waals surface area contributed by atoms with Gasteiger partial charge >= 0.3 is 0 Å². The topological polar surface area (TPSA) is 86.5 Å². The quantitative estimate of drug-likeness (QED) is 0.483. The summed E-state index contributed by atoms with van der Waals surface area (Å²) in [5, 5.41) is 10.0. The maximum Gasteiger partial charge on any atom is 0.297 e. The van der Waals surface area contributed by atoms with Crippen molar-refractivity contribution in [1.82, 2.24) is 0 Å². The van der Waals surface area contributed by atoms with Crippen LogP contribution in [-0.2, 0) is 14.3 Å². The smallest absolute Gasteiger partial charge is 0.270 e. The number of nitro benzene ring substituents is 1. The molecule has 0 spiro atoms. The van der Waals surface area contributed by atoms with Crippen molar-refractivity contribution in [3.05, 3.63) is 32.3 Å². The molecule has 0 unspecified atom stereocenters. The molecular formula is C7H5Cl2NO5S. The molecule has 0 aliphatic heterocycles. The highest BCUT2D eigenvalue weighted by molar-refractivity contribution is 7.86. The highest BCUT2D eigenvalue weighted by atomic mass is 35.5. The van der Waals surface area contributed by atoms with Crippen LogP contribution in [0.1, 0.15) is 0 Å². The van der Waals surface area contributed by atoms with Crippen molar-refractivity contribution in [3.63, 3.8) is 0 Å². The van der Waals surface area contributed by atoms with E-state index in [9.17, 15) is 18.5 Å². The number of nitro groups is 1. The van der Waals surface area contributed by atoms with Crippen molar-refractivity contribution in [1.29, 1.82) is 0 Å². The molecular weight excluding hydrogens is 281 g/mol. The number of benzene rings is 1. The molecule has 88 valence electrons. The molecule has 6 nitrogen and oxygen atoms in total. The fourth-order valence-corrected chi connectivity index (χ4v) is 2.09. The number of nitrogens with zero attached hydrogens (tertiary/aromatic N) is 1. The van der Waals surface area contributed by atoms with Gasteiger partial charge in [0.15, 0.2) is 0 Å². The third-order valence-corrected chi connectivity index (χ3v) is 3.73. The maximum atomic E-state index is 11.3. The van der Waals surface area contributed by atoms with Gasteiger partial charge in [-0.25, -0.2) is 0 Å². The van der Waals surface area contributed by atoms with Crippen LogP contribution in [0.2, 0.25) is 10.0 Å². The van der Waals surface area contributed by atoms with Crippen LogP contribution in [0, 0.1) is 10.1 Å². The average Bonchev–Trinajstić information content (AvgIpc) is 2.21. The zero-order valence-corrected chi connectivity index (χ0v) is 10.1. The van der Waals surface area contributed by atoms with Crippen LogP contribution in [0.3, 0.4) is 0 Å². The summed E-state index contributed by atoms with van der Waals surface area (Å²) in [5.74, 6) is 0. The van der Waals surface area contributed by atoms with Crippen molar-refractivity contribution < 1.29 is 17.5 Å². The van der Waals surface area contributed by atoms with E-state index in [0.717, 1.165) is 19.2 Å². The Hall–Kier alpha value is -0.890. The number of halogens is 2. The number of hydrogen-bond donors (Lipinski definition) is 0. The van der Waals surface area contributed by atoms with Crippen LogP contribution < -0.4 is 0 Å². The van der Waals surface area contributed by atoms with E-state index < -0.39 is 25.6 Å². The van der Waals surface area contributed by atoms with E-state index in [1.54, 1.807) is 0 Å². The van der Waals surface area contributed by atoms with Gasteiger partial charge in [0.25, 0.3) is 15.8 Å². The molecule has 0 saturated heterocycles. The minimum Gasteiger partial charge on any atom is -0.270 e. The summed E-state index contributed by atoms with van der Waals surface area (Å²) >= 11 is 11.1. The molecule has 0 atom stereocenters. The Morgan fingerprint density at radius 1 is 1.38 bits per heavy atom. The highest BCUT2D eigenvalue weighted by Crippen LogP contribution is 2.34. The van der Waals surface area contributed by atoms with Gasteiger partial charge in [0.1, 0.15) is 9.92 Å². The minimum atomic E-state index is -4.04. The van der Waals surface area contributed by atoms with E-state index >= 15 is 0 Å². The summed E-state index contributed by atoms with van der Waals surface area (Å²) in [7, 11) is -3.11. The monoisotopic (exact) mass is 285 g/mol. The van der Waals surface area contributed by atoms with E-state index in [2.05, 4.69) is 4.18 Å². The Morgan fingerprint density at radius 2 is 1.94 bits per heavy atom. The van der Waals surface area contributed by atoms with Gasteiger partial charge < -0.3 is 0 Å². The van der Waals surface area contributed by atoms with E-state index in [0.29, 0.717) is 0 Å². The Kier molecular flexibility index (Phi) is 3.74. The molecule has 0 aliphatic rings. The molecule has 0 radical (unpaired) electrons. The molecule has 0 bridgehead atoms. The summed E-state index contributed by atoms with van der Waals surface area (Å²) in [6.45, 7) is 0. The zero-order chi connectivity index (χ0) is 12.5. The first-order chi connectivity index (χ1) is 7.29. The highest BCUT2D eigenvalue weighted by Gasteiger charge is 2.23. The molecule has 1 rings (SSSR count). The molecule has 0 aliphatic carbocycles. The van der Waals surface area contributed by atoms with Gasteiger partial charge in [0.2, 0.25) is 0 Å². The van der Waals surface area contributed by atoms with Crippen LogP contribution >= 0.6 is 23.2 Å². The number of hydrogen-bond acceptors (Lipinski definition) is 5. The Morgan fingerprint density at radius 3 is 2.38 bits per heavy atom. The summed E-state index contributed by atoms with van der Waals surface area (Å²) in [5.41, 5.74) is -0.593. The fraction of sp³-hybridized carbons (Fsp3) is 0.143. The third kappa shape index (κ3) is 2.43. The second-order valence-electron chi connectivity index (χ2n) is 2.62.